The van der Waals surface area contributed by atoms with Crippen LogP contribution in [-0.4, -0.2) is 84.7 Å². The van der Waals surface area contributed by atoms with Gasteiger partial charge in [-0.25, -0.2) is 0 Å². The summed E-state index contributed by atoms with van der Waals surface area (Å²) in [7, 11) is 1.39. The molecule has 2 aromatic rings. The van der Waals surface area contributed by atoms with Crippen LogP contribution in [0, 0.1) is 6.92 Å². The van der Waals surface area contributed by atoms with Gasteiger partial charge in [-0.3, -0.25) is 19.2 Å². The number of epoxide rings is 1. The van der Waals surface area contributed by atoms with Crippen molar-refractivity contribution in [3.63, 3.8) is 0 Å². The fourth-order valence-corrected chi connectivity index (χ4v) is 4.20. The maximum absolute atomic E-state index is 13.3. The molecule has 1 aliphatic heterocycles. The first-order chi connectivity index (χ1) is 17.7. The standard InChI is InChI=1S/C25H32N4O7S/c1-15-10-18(29-36-15)22(31)27-19(12-34-3)23(32)28-20(13-37-4)24(33)26-17(21(30)25(2)14-35-25)11-16-8-6-5-7-9-16/h5-10,17,19-20H,11-14H2,1-4H3,(H,26,33)(H,27,31)(H,28,32)/t17-,19-,20-,25+/m0/s1. The number of hydrogen-bond acceptors (Lipinski definition) is 9. The zero-order valence-corrected chi connectivity index (χ0v) is 22.1. The number of nitrogens with one attached hydrogen (secondary N) is 3. The molecule has 0 unspecified atom stereocenters. The van der Waals surface area contributed by atoms with Gasteiger partial charge < -0.3 is 29.9 Å². The molecular formula is C25H32N4O7S. The Morgan fingerprint density at radius 1 is 1.08 bits per heavy atom. The minimum Gasteiger partial charge on any atom is -0.382 e. The Kier molecular flexibility index (Phi) is 9.84. The molecule has 0 spiro atoms. The zero-order chi connectivity index (χ0) is 27.0. The van der Waals surface area contributed by atoms with Crippen LogP contribution in [0.15, 0.2) is 40.9 Å². The Hall–Kier alpha value is -3.22. The van der Waals surface area contributed by atoms with Crippen LogP contribution in [-0.2, 0) is 30.3 Å². The number of ether oxygens (including phenoxy) is 2. The molecule has 3 rings (SSSR count). The molecule has 3 amide bonds. The van der Waals surface area contributed by atoms with Crippen LogP contribution in [0.25, 0.3) is 0 Å². The number of aryl methyl sites for hydroxylation is 1. The van der Waals surface area contributed by atoms with Crippen molar-refractivity contribution in [3.8, 4) is 0 Å². The average molecular weight is 533 g/mol. The van der Waals surface area contributed by atoms with Gasteiger partial charge in [-0.2, -0.15) is 11.8 Å². The van der Waals surface area contributed by atoms with Crippen molar-refractivity contribution >= 4 is 35.3 Å². The van der Waals surface area contributed by atoms with Crippen LogP contribution in [0.2, 0.25) is 0 Å². The molecule has 0 radical (unpaired) electrons. The largest absolute Gasteiger partial charge is 0.382 e. The Morgan fingerprint density at radius 2 is 1.73 bits per heavy atom. The summed E-state index contributed by atoms with van der Waals surface area (Å²) < 4.78 is 15.3. The quantitative estimate of drug-likeness (QED) is 0.298. The van der Waals surface area contributed by atoms with Crippen molar-refractivity contribution in [3.05, 3.63) is 53.4 Å². The van der Waals surface area contributed by atoms with Gasteiger partial charge in [0.25, 0.3) is 5.91 Å². The number of aromatic nitrogens is 1. The van der Waals surface area contributed by atoms with Gasteiger partial charge in [0.05, 0.1) is 19.3 Å². The van der Waals surface area contributed by atoms with Crippen LogP contribution in [0.5, 0.6) is 0 Å². The fraction of sp³-hybridized carbons (Fsp3) is 0.480. The van der Waals surface area contributed by atoms with Crippen molar-refractivity contribution in [2.75, 3.05) is 32.3 Å². The third-order valence-corrected chi connectivity index (χ3v) is 6.46. The highest BCUT2D eigenvalue weighted by Crippen LogP contribution is 2.29. The number of rotatable bonds is 14. The smallest absolute Gasteiger partial charge is 0.274 e. The fourth-order valence-electron chi connectivity index (χ4n) is 3.63. The van der Waals surface area contributed by atoms with E-state index in [1.807, 2.05) is 30.3 Å². The minimum absolute atomic E-state index is 0.0165. The van der Waals surface area contributed by atoms with E-state index in [-0.39, 0.29) is 30.3 Å². The van der Waals surface area contributed by atoms with Crippen LogP contribution >= 0.6 is 11.8 Å². The van der Waals surface area contributed by atoms with E-state index in [1.54, 1.807) is 20.1 Å². The first-order valence-electron chi connectivity index (χ1n) is 11.7. The number of hydrogen-bond donors (Lipinski definition) is 3. The maximum atomic E-state index is 13.3. The second-order valence-electron chi connectivity index (χ2n) is 8.96. The number of ketones is 1. The van der Waals surface area contributed by atoms with E-state index in [0.717, 1.165) is 5.56 Å². The SMILES string of the molecule is COC[C@H](NC(=O)c1cc(C)on1)C(=O)N[C@@H](CSC)C(=O)N[C@@H](Cc1ccccc1)C(=O)[C@@]1(C)CO1. The predicted molar refractivity (Wildman–Crippen MR) is 136 cm³/mol. The third-order valence-electron chi connectivity index (χ3n) is 5.80. The predicted octanol–water partition coefficient (Wildman–Crippen LogP) is 0.661. The first kappa shape index (κ1) is 28.4. The molecule has 2 heterocycles. The van der Waals surface area contributed by atoms with E-state index >= 15 is 0 Å². The van der Waals surface area contributed by atoms with E-state index < -0.39 is 41.4 Å². The van der Waals surface area contributed by atoms with Crippen LogP contribution < -0.4 is 16.0 Å². The summed E-state index contributed by atoms with van der Waals surface area (Å²) in [5, 5.41) is 11.7. The van der Waals surface area contributed by atoms with Crippen molar-refractivity contribution in [1.82, 2.24) is 21.1 Å². The van der Waals surface area contributed by atoms with E-state index in [0.29, 0.717) is 12.4 Å². The number of carbonyl (C=O) groups excluding carboxylic acids is 4. The van der Waals surface area contributed by atoms with Crippen molar-refractivity contribution in [2.24, 2.45) is 0 Å². The summed E-state index contributed by atoms with van der Waals surface area (Å²) in [6.07, 6.45) is 2.07. The molecular weight excluding hydrogens is 500 g/mol. The lowest BCUT2D eigenvalue weighted by Gasteiger charge is -2.25. The molecule has 12 heteroatoms. The number of thioether (sulfide) groups is 1. The van der Waals surface area contributed by atoms with Crippen LogP contribution in [0.3, 0.4) is 0 Å². The highest BCUT2D eigenvalue weighted by atomic mass is 32.2. The van der Waals surface area contributed by atoms with Gasteiger partial charge in [-0.15, -0.1) is 0 Å². The van der Waals surface area contributed by atoms with Gasteiger partial charge in [0.15, 0.2) is 11.5 Å². The van der Waals surface area contributed by atoms with E-state index in [4.69, 9.17) is 14.0 Å². The Labute approximate surface area is 219 Å². The molecule has 1 fully saturated rings. The molecule has 37 heavy (non-hydrogen) atoms. The highest BCUT2D eigenvalue weighted by Gasteiger charge is 2.50. The molecule has 0 aliphatic carbocycles. The monoisotopic (exact) mass is 532 g/mol. The van der Waals surface area contributed by atoms with Crippen molar-refractivity contribution in [1.29, 1.82) is 0 Å². The Balaban J connectivity index is 1.70. The van der Waals surface area contributed by atoms with Crippen molar-refractivity contribution in [2.45, 2.75) is 44.0 Å². The summed E-state index contributed by atoms with van der Waals surface area (Å²) >= 11 is 1.35. The lowest BCUT2D eigenvalue weighted by Crippen LogP contribution is -2.58. The second kappa shape index (κ2) is 12.8. The molecule has 11 nitrogen and oxygen atoms in total. The normalized spacial score (nSPS) is 18.8. The second-order valence-corrected chi connectivity index (χ2v) is 9.87. The van der Waals surface area contributed by atoms with Gasteiger partial charge in [0.2, 0.25) is 11.8 Å². The number of amides is 3. The Bertz CT molecular complexity index is 1100. The maximum Gasteiger partial charge on any atom is 0.274 e. The summed E-state index contributed by atoms with van der Waals surface area (Å²) in [6, 6.07) is 7.87. The number of benzene rings is 1. The van der Waals surface area contributed by atoms with E-state index in [1.165, 1.54) is 24.9 Å². The molecule has 1 aromatic heterocycles. The molecule has 1 aliphatic rings. The van der Waals surface area contributed by atoms with Crippen LogP contribution in [0.4, 0.5) is 0 Å². The van der Waals surface area contributed by atoms with E-state index in [2.05, 4.69) is 21.1 Å². The number of carbonyl (C=O) groups is 4. The molecule has 0 saturated carbocycles. The average Bonchev–Trinajstić information content (AvgIpc) is 3.48. The molecule has 1 aromatic carbocycles. The lowest BCUT2D eigenvalue weighted by atomic mass is 9.94. The molecule has 0 bridgehead atoms. The zero-order valence-electron chi connectivity index (χ0n) is 21.2. The van der Waals surface area contributed by atoms with Gasteiger partial charge in [-0.1, -0.05) is 35.5 Å². The highest BCUT2D eigenvalue weighted by molar-refractivity contribution is 7.98. The van der Waals surface area contributed by atoms with Crippen molar-refractivity contribution < 1.29 is 33.2 Å². The summed E-state index contributed by atoms with van der Waals surface area (Å²) in [5.41, 5.74) is -0.0390. The summed E-state index contributed by atoms with van der Waals surface area (Å²) in [5.74, 6) is -1.30. The topological polar surface area (TPSA) is 152 Å². The summed E-state index contributed by atoms with van der Waals surface area (Å²) in [4.78, 5) is 51.9. The summed E-state index contributed by atoms with van der Waals surface area (Å²) in [6.45, 7) is 3.49. The van der Waals surface area contributed by atoms with Gasteiger partial charge in [-0.05, 0) is 32.1 Å². The molecule has 1 saturated heterocycles. The third kappa shape index (κ3) is 7.88. The minimum atomic E-state index is -1.09. The molecule has 3 N–H and O–H groups in total. The lowest BCUT2D eigenvalue weighted by molar-refractivity contribution is -0.133. The first-order valence-corrected chi connectivity index (χ1v) is 13.1. The number of nitrogens with zero attached hydrogens (tertiary/aromatic N) is 1. The van der Waals surface area contributed by atoms with E-state index in [9.17, 15) is 19.2 Å². The van der Waals surface area contributed by atoms with Gasteiger partial charge >= 0.3 is 0 Å². The van der Waals surface area contributed by atoms with Crippen LogP contribution in [0.1, 0.15) is 28.7 Å². The molecule has 4 atom stereocenters. The number of Topliss-reactive ketones (excluding diaryl/α,β-unsaturated/α-hetero) is 1. The van der Waals surface area contributed by atoms with Gasteiger partial charge in [0.1, 0.15) is 23.4 Å². The van der Waals surface area contributed by atoms with Gasteiger partial charge in [0, 0.05) is 18.9 Å². The number of methoxy groups -OCH3 is 1. The Morgan fingerprint density at radius 3 is 2.30 bits per heavy atom. The molecule has 200 valence electrons.